The number of piperidine rings is 1. The van der Waals surface area contributed by atoms with Crippen molar-refractivity contribution in [1.82, 2.24) is 9.97 Å². The number of aryl methyl sites for hydroxylation is 1. The highest BCUT2D eigenvalue weighted by Gasteiger charge is 2.30. The lowest BCUT2D eigenvalue weighted by Crippen LogP contribution is -3.13. The fourth-order valence-electron chi connectivity index (χ4n) is 4.15. The minimum absolute atomic E-state index is 0.162. The fraction of sp³-hybridized carbons (Fsp3) is 0.565. The molecule has 1 aromatic carbocycles. The molecule has 1 fully saturated rings. The maximum absolute atomic E-state index is 6.09. The van der Waals surface area contributed by atoms with Crippen LogP contribution in [-0.2, 0) is 17.8 Å². The molecule has 2 aliphatic rings. The first kappa shape index (κ1) is 19.9. The minimum Gasteiger partial charge on any atom is -0.370 e. The van der Waals surface area contributed by atoms with Crippen molar-refractivity contribution in [2.24, 2.45) is 0 Å². The summed E-state index contributed by atoms with van der Waals surface area (Å²) in [5, 5.41) is 1.12. The number of quaternary nitrogens is 1. The summed E-state index contributed by atoms with van der Waals surface area (Å²) >= 11 is 1.89. The summed E-state index contributed by atoms with van der Waals surface area (Å²) in [6, 6.07) is 8.51. The second-order valence-corrected chi connectivity index (χ2v) is 9.86. The molecule has 4 rings (SSSR count). The van der Waals surface area contributed by atoms with Crippen molar-refractivity contribution in [3.63, 3.8) is 0 Å². The topological polar surface area (TPSA) is 39.5 Å². The zero-order chi connectivity index (χ0) is 19.6. The SMILES string of the molecule is Cc1cccc(-c2nc3c(c(SCC[NH+]4CCCCC4)n2)COC(C)(C)C3)c1. The van der Waals surface area contributed by atoms with E-state index in [0.29, 0.717) is 6.61 Å². The molecule has 0 aliphatic carbocycles. The number of likely N-dealkylation sites (tertiary alicyclic amines) is 1. The summed E-state index contributed by atoms with van der Waals surface area (Å²) in [6.07, 6.45) is 5.00. The van der Waals surface area contributed by atoms with E-state index < -0.39 is 0 Å². The second-order valence-electron chi connectivity index (χ2n) is 8.78. The molecule has 0 spiro atoms. The third-order valence-corrected chi connectivity index (χ3v) is 6.81. The molecule has 0 radical (unpaired) electrons. The van der Waals surface area contributed by atoms with Gasteiger partial charge in [-0.15, -0.1) is 11.8 Å². The van der Waals surface area contributed by atoms with Gasteiger partial charge in [0.25, 0.3) is 0 Å². The van der Waals surface area contributed by atoms with E-state index in [1.54, 1.807) is 4.90 Å². The summed E-state index contributed by atoms with van der Waals surface area (Å²) in [7, 11) is 0. The highest BCUT2D eigenvalue weighted by Crippen LogP contribution is 2.34. The van der Waals surface area contributed by atoms with Crippen LogP contribution in [0.15, 0.2) is 29.3 Å². The van der Waals surface area contributed by atoms with Crippen LogP contribution in [0, 0.1) is 6.92 Å². The Bertz CT molecular complexity index is 831. The summed E-state index contributed by atoms with van der Waals surface area (Å²) in [4.78, 5) is 11.7. The molecule has 5 heteroatoms. The predicted octanol–water partition coefficient (Wildman–Crippen LogP) is 3.46. The summed E-state index contributed by atoms with van der Waals surface area (Å²) in [5.74, 6) is 1.96. The van der Waals surface area contributed by atoms with E-state index in [1.807, 2.05) is 11.8 Å². The van der Waals surface area contributed by atoms with E-state index >= 15 is 0 Å². The summed E-state index contributed by atoms with van der Waals surface area (Å²) in [5.41, 5.74) is 4.55. The standard InChI is InChI=1S/C23H31N3OS/c1-17-8-7-9-18(14-17)21-24-20-15-23(2,3)27-16-19(20)22(25-21)28-13-12-26-10-5-4-6-11-26/h7-9,14H,4-6,10-13,15-16H2,1-3H3/p+1. The van der Waals surface area contributed by atoms with Gasteiger partial charge in [0.05, 0.1) is 37.5 Å². The van der Waals surface area contributed by atoms with Crippen molar-refractivity contribution in [3.05, 3.63) is 41.1 Å². The first-order valence-corrected chi connectivity index (χ1v) is 11.6. The number of rotatable bonds is 5. The zero-order valence-corrected chi connectivity index (χ0v) is 18.2. The number of aromatic nitrogens is 2. The van der Waals surface area contributed by atoms with E-state index in [-0.39, 0.29) is 5.60 Å². The highest BCUT2D eigenvalue weighted by atomic mass is 32.2. The van der Waals surface area contributed by atoms with Crippen LogP contribution < -0.4 is 4.90 Å². The molecule has 0 bridgehead atoms. The van der Waals surface area contributed by atoms with Gasteiger partial charge < -0.3 is 9.64 Å². The summed E-state index contributed by atoms with van der Waals surface area (Å²) < 4.78 is 6.09. The Morgan fingerprint density at radius 1 is 1.14 bits per heavy atom. The zero-order valence-electron chi connectivity index (χ0n) is 17.4. The Morgan fingerprint density at radius 2 is 1.96 bits per heavy atom. The van der Waals surface area contributed by atoms with Gasteiger partial charge in [0, 0.05) is 23.3 Å². The highest BCUT2D eigenvalue weighted by molar-refractivity contribution is 7.99. The van der Waals surface area contributed by atoms with E-state index in [1.165, 1.54) is 50.0 Å². The second kappa shape index (κ2) is 8.52. The molecule has 1 aromatic heterocycles. The molecule has 150 valence electrons. The number of thioether (sulfide) groups is 1. The molecule has 4 nitrogen and oxygen atoms in total. The third kappa shape index (κ3) is 4.76. The monoisotopic (exact) mass is 398 g/mol. The van der Waals surface area contributed by atoms with Gasteiger partial charge in [-0.05, 0) is 46.1 Å². The van der Waals surface area contributed by atoms with E-state index in [4.69, 9.17) is 14.7 Å². The normalized spacial score (nSPS) is 19.4. The van der Waals surface area contributed by atoms with Gasteiger partial charge in [-0.3, -0.25) is 0 Å². The maximum Gasteiger partial charge on any atom is 0.160 e. The molecule has 28 heavy (non-hydrogen) atoms. The molecule has 3 heterocycles. The van der Waals surface area contributed by atoms with E-state index in [0.717, 1.165) is 34.3 Å². The van der Waals surface area contributed by atoms with Gasteiger partial charge in [0.15, 0.2) is 5.82 Å². The van der Waals surface area contributed by atoms with Crippen molar-refractivity contribution in [3.8, 4) is 11.4 Å². The molecular formula is C23H32N3OS+. The Labute approximate surface area is 173 Å². The van der Waals surface area contributed by atoms with Gasteiger partial charge in [-0.2, -0.15) is 0 Å². The Morgan fingerprint density at radius 3 is 2.75 bits per heavy atom. The number of nitrogens with zero attached hydrogens (tertiary/aromatic N) is 2. The lowest BCUT2D eigenvalue weighted by Gasteiger charge is -2.32. The molecular weight excluding hydrogens is 366 g/mol. The van der Waals surface area contributed by atoms with Crippen LogP contribution in [0.4, 0.5) is 0 Å². The van der Waals surface area contributed by atoms with Crippen molar-refractivity contribution in [2.75, 3.05) is 25.4 Å². The molecule has 1 N–H and O–H groups in total. The molecule has 0 amide bonds. The molecule has 2 aliphatic heterocycles. The largest absolute Gasteiger partial charge is 0.370 e. The maximum atomic E-state index is 6.09. The number of hydrogen-bond acceptors (Lipinski definition) is 4. The third-order valence-electron chi connectivity index (χ3n) is 5.79. The van der Waals surface area contributed by atoms with Gasteiger partial charge in [0.1, 0.15) is 5.03 Å². The number of benzene rings is 1. The molecule has 1 saturated heterocycles. The van der Waals surface area contributed by atoms with E-state index in [9.17, 15) is 0 Å². The number of fused-ring (bicyclic) bond motifs is 1. The summed E-state index contributed by atoms with van der Waals surface area (Å²) in [6.45, 7) is 10.9. The van der Waals surface area contributed by atoms with Crippen molar-refractivity contribution in [1.29, 1.82) is 0 Å². The first-order chi connectivity index (χ1) is 13.5. The van der Waals surface area contributed by atoms with Crippen LogP contribution in [0.25, 0.3) is 11.4 Å². The number of ether oxygens (including phenoxy) is 1. The quantitative estimate of drug-likeness (QED) is 0.618. The number of nitrogens with one attached hydrogen (secondary N) is 1. The van der Waals surface area contributed by atoms with Crippen LogP contribution >= 0.6 is 11.8 Å². The van der Waals surface area contributed by atoms with Crippen LogP contribution in [-0.4, -0.2) is 41.0 Å². The fourth-order valence-corrected chi connectivity index (χ4v) is 5.23. The molecule has 0 unspecified atom stereocenters. The van der Waals surface area contributed by atoms with Gasteiger partial charge in [-0.25, -0.2) is 9.97 Å². The van der Waals surface area contributed by atoms with E-state index in [2.05, 4.69) is 45.0 Å². The van der Waals surface area contributed by atoms with Crippen molar-refractivity contribution < 1.29 is 9.64 Å². The Balaban J connectivity index is 1.59. The first-order valence-electron chi connectivity index (χ1n) is 10.6. The average molecular weight is 399 g/mol. The Hall–Kier alpha value is -1.43. The Kier molecular flexibility index (Phi) is 6.04. The van der Waals surface area contributed by atoms with Crippen LogP contribution in [0.2, 0.25) is 0 Å². The number of hydrogen-bond donors (Lipinski definition) is 1. The van der Waals surface area contributed by atoms with Crippen LogP contribution in [0.5, 0.6) is 0 Å². The minimum atomic E-state index is -0.162. The van der Waals surface area contributed by atoms with Gasteiger partial charge >= 0.3 is 0 Å². The predicted molar refractivity (Wildman–Crippen MR) is 115 cm³/mol. The lowest BCUT2D eigenvalue weighted by molar-refractivity contribution is -0.902. The van der Waals surface area contributed by atoms with Crippen molar-refractivity contribution >= 4 is 11.8 Å². The van der Waals surface area contributed by atoms with Crippen LogP contribution in [0.1, 0.15) is 49.9 Å². The average Bonchev–Trinajstić information content (AvgIpc) is 2.67. The van der Waals surface area contributed by atoms with Crippen LogP contribution in [0.3, 0.4) is 0 Å². The van der Waals surface area contributed by atoms with Gasteiger partial charge in [0.2, 0.25) is 0 Å². The smallest absolute Gasteiger partial charge is 0.160 e. The molecule has 0 saturated carbocycles. The van der Waals surface area contributed by atoms with Crippen molar-refractivity contribution in [2.45, 2.75) is 63.7 Å². The van der Waals surface area contributed by atoms with Gasteiger partial charge in [-0.1, -0.05) is 23.8 Å². The lowest BCUT2D eigenvalue weighted by atomic mass is 9.96. The molecule has 2 aromatic rings. The molecule has 0 atom stereocenters.